The Morgan fingerprint density at radius 2 is 1.94 bits per heavy atom. The van der Waals surface area contributed by atoms with E-state index in [9.17, 15) is 19.5 Å². The van der Waals surface area contributed by atoms with E-state index in [0.717, 1.165) is 0 Å². The number of benzene rings is 1. The van der Waals surface area contributed by atoms with Crippen LogP contribution in [0.4, 0.5) is 0 Å². The predicted molar refractivity (Wildman–Crippen MR) is 113 cm³/mol. The number of ketones is 1. The fourth-order valence-corrected chi connectivity index (χ4v) is 4.29. The first-order valence-corrected chi connectivity index (χ1v) is 10.3. The fourth-order valence-electron chi connectivity index (χ4n) is 3.42. The zero-order valence-corrected chi connectivity index (χ0v) is 18.2. The van der Waals surface area contributed by atoms with Gasteiger partial charge in [0.15, 0.2) is 12.4 Å². The number of amides is 2. The van der Waals surface area contributed by atoms with Gasteiger partial charge in [0.25, 0.3) is 11.8 Å². The minimum absolute atomic E-state index is 0.00124. The van der Waals surface area contributed by atoms with Crippen LogP contribution >= 0.6 is 11.3 Å². The largest absolute Gasteiger partial charge is 0.503 e. The molecule has 31 heavy (non-hydrogen) atoms. The van der Waals surface area contributed by atoms with Crippen molar-refractivity contribution in [2.24, 2.45) is 5.73 Å². The Labute approximate surface area is 183 Å². The second-order valence-corrected chi connectivity index (χ2v) is 8.16. The van der Waals surface area contributed by atoms with Crippen molar-refractivity contribution in [1.82, 2.24) is 9.88 Å². The zero-order chi connectivity index (χ0) is 22.7. The lowest BCUT2D eigenvalue weighted by Crippen LogP contribution is -2.34. The SMILES string of the molecule is COCCN1C(=O)C(O)=C(C(=O)c2sc(C)nc2C)C1c1ccc(OCC(N)=O)cc1. The number of carbonyl (C=O) groups is 3. The Hall–Kier alpha value is -3.24. The molecule has 0 bridgehead atoms. The van der Waals surface area contributed by atoms with Gasteiger partial charge in [-0.2, -0.15) is 0 Å². The van der Waals surface area contributed by atoms with E-state index < -0.39 is 29.4 Å². The number of aromatic nitrogens is 1. The van der Waals surface area contributed by atoms with Gasteiger partial charge < -0.3 is 25.2 Å². The molecule has 2 amide bonds. The van der Waals surface area contributed by atoms with Crippen LogP contribution in [-0.4, -0.2) is 59.5 Å². The van der Waals surface area contributed by atoms with E-state index in [-0.39, 0.29) is 25.3 Å². The van der Waals surface area contributed by atoms with Crippen molar-refractivity contribution in [3.63, 3.8) is 0 Å². The quantitative estimate of drug-likeness (QED) is 0.563. The van der Waals surface area contributed by atoms with E-state index in [4.69, 9.17) is 15.2 Å². The molecular formula is C21H23N3O6S. The molecule has 0 saturated carbocycles. The maximum atomic E-state index is 13.4. The molecule has 1 atom stereocenters. The fraction of sp³-hybridized carbons (Fsp3) is 0.333. The summed E-state index contributed by atoms with van der Waals surface area (Å²) in [6, 6.07) is 5.76. The smallest absolute Gasteiger partial charge is 0.290 e. The normalized spacial score (nSPS) is 16.2. The molecule has 1 unspecified atom stereocenters. The number of aliphatic hydroxyl groups is 1. The van der Waals surface area contributed by atoms with Gasteiger partial charge in [0.05, 0.1) is 33.8 Å². The number of primary amides is 1. The molecule has 1 aromatic carbocycles. The molecule has 2 heterocycles. The number of hydrogen-bond donors (Lipinski definition) is 2. The Morgan fingerprint density at radius 3 is 2.48 bits per heavy atom. The van der Waals surface area contributed by atoms with Crippen LogP contribution in [0.15, 0.2) is 35.6 Å². The highest BCUT2D eigenvalue weighted by atomic mass is 32.1. The molecule has 3 rings (SSSR count). The summed E-state index contributed by atoms with van der Waals surface area (Å²) in [6.07, 6.45) is 0. The Morgan fingerprint density at radius 1 is 1.26 bits per heavy atom. The molecule has 9 nitrogen and oxygen atoms in total. The van der Waals surface area contributed by atoms with Gasteiger partial charge >= 0.3 is 0 Å². The maximum Gasteiger partial charge on any atom is 0.290 e. The van der Waals surface area contributed by atoms with Crippen LogP contribution in [0.1, 0.15) is 32.0 Å². The van der Waals surface area contributed by atoms with Gasteiger partial charge in [0, 0.05) is 13.7 Å². The van der Waals surface area contributed by atoms with Gasteiger partial charge in [-0.25, -0.2) is 4.98 Å². The van der Waals surface area contributed by atoms with Crippen LogP contribution in [0.2, 0.25) is 0 Å². The molecule has 3 N–H and O–H groups in total. The number of nitrogens with two attached hydrogens (primary N) is 1. The number of thiazole rings is 1. The lowest BCUT2D eigenvalue weighted by Gasteiger charge is -2.26. The van der Waals surface area contributed by atoms with Gasteiger partial charge in [-0.3, -0.25) is 14.4 Å². The van der Waals surface area contributed by atoms with Gasteiger partial charge in [0.2, 0.25) is 5.78 Å². The number of hydrogen-bond acceptors (Lipinski definition) is 8. The first-order chi connectivity index (χ1) is 14.7. The van der Waals surface area contributed by atoms with Gasteiger partial charge in [0.1, 0.15) is 5.75 Å². The van der Waals surface area contributed by atoms with Crippen molar-refractivity contribution in [2.75, 3.05) is 26.9 Å². The minimum atomic E-state index is -0.804. The van der Waals surface area contributed by atoms with Crippen LogP contribution in [0.25, 0.3) is 0 Å². The van der Waals surface area contributed by atoms with E-state index in [2.05, 4.69) is 4.98 Å². The average Bonchev–Trinajstić information content (AvgIpc) is 3.20. The summed E-state index contributed by atoms with van der Waals surface area (Å²) < 4.78 is 10.4. The molecule has 1 aromatic heterocycles. The molecule has 1 aliphatic rings. The van der Waals surface area contributed by atoms with Crippen molar-refractivity contribution < 1.29 is 29.0 Å². The standard InChI is InChI=1S/C21H23N3O6S/c1-11-20(31-12(2)23-11)18(26)16-17(24(8-9-29-3)21(28)19(16)27)13-4-6-14(7-5-13)30-10-15(22)25/h4-7,17,27H,8-10H2,1-3H3,(H2,22,25). The third-order valence-corrected chi connectivity index (χ3v) is 5.84. The zero-order valence-electron chi connectivity index (χ0n) is 17.4. The number of aryl methyl sites for hydroxylation is 2. The number of rotatable bonds is 9. The Balaban J connectivity index is 2.01. The molecule has 2 aromatic rings. The van der Waals surface area contributed by atoms with Crippen LogP contribution in [-0.2, 0) is 14.3 Å². The van der Waals surface area contributed by atoms with Crippen LogP contribution in [0.3, 0.4) is 0 Å². The molecule has 0 spiro atoms. The molecule has 0 aliphatic carbocycles. The average molecular weight is 445 g/mol. The number of Topliss-reactive ketones (excluding diaryl/α,β-unsaturated/α-hetero) is 1. The highest BCUT2D eigenvalue weighted by Crippen LogP contribution is 2.40. The first-order valence-electron chi connectivity index (χ1n) is 9.47. The third kappa shape index (κ3) is 4.59. The summed E-state index contributed by atoms with van der Waals surface area (Å²) in [7, 11) is 1.50. The lowest BCUT2D eigenvalue weighted by atomic mass is 9.95. The highest BCUT2D eigenvalue weighted by Gasteiger charge is 2.44. The summed E-state index contributed by atoms with van der Waals surface area (Å²) in [5.74, 6) is -1.85. The van der Waals surface area contributed by atoms with E-state index in [1.807, 2.05) is 0 Å². The molecule has 0 radical (unpaired) electrons. The van der Waals surface area contributed by atoms with E-state index in [0.29, 0.717) is 26.9 Å². The van der Waals surface area contributed by atoms with Crippen molar-refractivity contribution >= 4 is 28.9 Å². The first kappa shape index (κ1) is 22.4. The molecule has 164 valence electrons. The molecule has 0 fully saturated rings. The Bertz CT molecular complexity index is 1040. The number of methoxy groups -OCH3 is 1. The lowest BCUT2D eigenvalue weighted by molar-refractivity contribution is -0.130. The minimum Gasteiger partial charge on any atom is -0.503 e. The monoisotopic (exact) mass is 445 g/mol. The summed E-state index contributed by atoms with van der Waals surface area (Å²) in [5.41, 5.74) is 6.23. The van der Waals surface area contributed by atoms with Crippen LogP contribution in [0, 0.1) is 13.8 Å². The van der Waals surface area contributed by atoms with E-state index in [1.165, 1.54) is 23.3 Å². The van der Waals surface area contributed by atoms with E-state index >= 15 is 0 Å². The van der Waals surface area contributed by atoms with Crippen molar-refractivity contribution in [1.29, 1.82) is 0 Å². The molecular weight excluding hydrogens is 422 g/mol. The summed E-state index contributed by atoms with van der Waals surface area (Å²) in [4.78, 5) is 43.1. The van der Waals surface area contributed by atoms with Crippen molar-refractivity contribution in [2.45, 2.75) is 19.9 Å². The van der Waals surface area contributed by atoms with Crippen molar-refractivity contribution in [3.8, 4) is 5.75 Å². The Kier molecular flexibility index (Phi) is 6.71. The van der Waals surface area contributed by atoms with E-state index in [1.54, 1.807) is 38.1 Å². The number of carbonyl (C=O) groups excluding carboxylic acids is 3. The molecule has 10 heteroatoms. The van der Waals surface area contributed by atoms with Gasteiger partial charge in [-0.15, -0.1) is 11.3 Å². The molecule has 0 saturated heterocycles. The second kappa shape index (κ2) is 9.27. The number of ether oxygens (including phenoxy) is 2. The summed E-state index contributed by atoms with van der Waals surface area (Å²) in [5, 5.41) is 11.3. The number of aliphatic hydroxyl groups excluding tert-OH is 1. The van der Waals surface area contributed by atoms with Crippen molar-refractivity contribution in [3.05, 3.63) is 56.7 Å². The topological polar surface area (TPSA) is 132 Å². The predicted octanol–water partition coefficient (Wildman–Crippen LogP) is 1.85. The highest BCUT2D eigenvalue weighted by molar-refractivity contribution is 7.14. The summed E-state index contributed by atoms with van der Waals surface area (Å²) in [6.45, 7) is 3.65. The molecule has 1 aliphatic heterocycles. The maximum absolute atomic E-state index is 13.4. The third-order valence-electron chi connectivity index (χ3n) is 4.77. The number of nitrogens with zero attached hydrogens (tertiary/aromatic N) is 2. The van der Waals surface area contributed by atoms with Crippen LogP contribution < -0.4 is 10.5 Å². The summed E-state index contributed by atoms with van der Waals surface area (Å²) >= 11 is 1.22. The van der Waals surface area contributed by atoms with Gasteiger partial charge in [-0.1, -0.05) is 12.1 Å². The van der Waals surface area contributed by atoms with Gasteiger partial charge in [-0.05, 0) is 31.5 Å². The van der Waals surface area contributed by atoms with Crippen LogP contribution in [0.5, 0.6) is 5.75 Å². The second-order valence-electron chi connectivity index (χ2n) is 6.96.